The number of rotatable bonds is 1. The predicted octanol–water partition coefficient (Wildman–Crippen LogP) is 2.65. The normalized spacial score (nSPS) is 14.7. The van der Waals surface area contributed by atoms with Crippen LogP contribution in [0.25, 0.3) is 0 Å². The van der Waals surface area contributed by atoms with E-state index in [1.807, 2.05) is 12.1 Å². The molecule has 1 aromatic rings. The summed E-state index contributed by atoms with van der Waals surface area (Å²) in [6.45, 7) is 1.67. The van der Waals surface area contributed by atoms with Crippen LogP contribution in [0.15, 0.2) is 16.6 Å². The quantitative estimate of drug-likeness (QED) is 0.840. The van der Waals surface area contributed by atoms with Crippen LogP contribution in [0.1, 0.15) is 6.42 Å². The standard InChI is InChI=1S/C10H12BrNO2/c1-13-9-6-7(11)5-8-10(9)14-4-2-3-12-8/h5-6,12H,2-4H2,1H3. The fourth-order valence-electron chi connectivity index (χ4n) is 1.47. The van der Waals surface area contributed by atoms with Crippen LogP contribution in [0.2, 0.25) is 0 Å². The average molecular weight is 258 g/mol. The first-order chi connectivity index (χ1) is 6.81. The van der Waals surface area contributed by atoms with E-state index in [0.29, 0.717) is 0 Å². The highest BCUT2D eigenvalue weighted by Crippen LogP contribution is 2.39. The minimum atomic E-state index is 0.734. The van der Waals surface area contributed by atoms with Crippen LogP contribution in [-0.4, -0.2) is 20.3 Å². The molecule has 1 heterocycles. The molecule has 1 aliphatic heterocycles. The fourth-order valence-corrected chi connectivity index (χ4v) is 1.91. The van der Waals surface area contributed by atoms with Crippen molar-refractivity contribution in [3.8, 4) is 11.5 Å². The summed E-state index contributed by atoms with van der Waals surface area (Å²) >= 11 is 3.43. The van der Waals surface area contributed by atoms with E-state index < -0.39 is 0 Å². The summed E-state index contributed by atoms with van der Waals surface area (Å²) in [5.74, 6) is 1.58. The van der Waals surface area contributed by atoms with Gasteiger partial charge in [0.25, 0.3) is 0 Å². The maximum Gasteiger partial charge on any atom is 0.184 e. The van der Waals surface area contributed by atoms with Crippen LogP contribution in [0.4, 0.5) is 5.69 Å². The molecule has 4 heteroatoms. The molecule has 0 unspecified atom stereocenters. The molecule has 1 aliphatic rings. The maximum atomic E-state index is 5.62. The van der Waals surface area contributed by atoms with Gasteiger partial charge in [0, 0.05) is 11.0 Å². The summed E-state index contributed by atoms with van der Waals surface area (Å²) in [7, 11) is 1.65. The first kappa shape index (κ1) is 9.65. The number of hydrogen-bond acceptors (Lipinski definition) is 3. The summed E-state index contributed by atoms with van der Waals surface area (Å²) in [5, 5.41) is 3.31. The molecule has 2 rings (SSSR count). The van der Waals surface area contributed by atoms with Crippen molar-refractivity contribution in [3.05, 3.63) is 16.6 Å². The molecule has 14 heavy (non-hydrogen) atoms. The van der Waals surface area contributed by atoms with E-state index in [-0.39, 0.29) is 0 Å². The third-order valence-corrected chi connectivity index (χ3v) is 2.58. The zero-order valence-corrected chi connectivity index (χ0v) is 9.56. The van der Waals surface area contributed by atoms with Gasteiger partial charge in [-0.25, -0.2) is 0 Å². The Morgan fingerprint density at radius 1 is 1.50 bits per heavy atom. The molecule has 0 saturated heterocycles. The molecule has 0 amide bonds. The van der Waals surface area contributed by atoms with E-state index in [1.165, 1.54) is 0 Å². The third kappa shape index (κ3) is 1.80. The lowest BCUT2D eigenvalue weighted by Gasteiger charge is -2.12. The third-order valence-electron chi connectivity index (χ3n) is 2.12. The largest absolute Gasteiger partial charge is 0.493 e. The van der Waals surface area contributed by atoms with Gasteiger partial charge in [-0.15, -0.1) is 0 Å². The molecule has 0 radical (unpaired) electrons. The summed E-state index contributed by atoms with van der Waals surface area (Å²) in [5.41, 5.74) is 0.994. The minimum absolute atomic E-state index is 0.734. The average Bonchev–Trinajstić information content (AvgIpc) is 2.41. The van der Waals surface area contributed by atoms with E-state index >= 15 is 0 Å². The van der Waals surface area contributed by atoms with Gasteiger partial charge in [0.1, 0.15) is 0 Å². The molecule has 0 atom stereocenters. The Hall–Kier alpha value is -0.900. The second kappa shape index (κ2) is 4.09. The van der Waals surface area contributed by atoms with Crippen LogP contribution in [-0.2, 0) is 0 Å². The smallest absolute Gasteiger partial charge is 0.184 e. The predicted molar refractivity (Wildman–Crippen MR) is 59.3 cm³/mol. The number of fused-ring (bicyclic) bond motifs is 1. The molecular weight excluding hydrogens is 246 g/mol. The summed E-state index contributed by atoms with van der Waals surface area (Å²) in [6, 6.07) is 3.91. The molecule has 0 saturated carbocycles. The highest BCUT2D eigenvalue weighted by Gasteiger charge is 2.14. The lowest BCUT2D eigenvalue weighted by Crippen LogP contribution is -1.99. The Morgan fingerprint density at radius 2 is 2.36 bits per heavy atom. The van der Waals surface area contributed by atoms with Gasteiger partial charge in [0.05, 0.1) is 19.4 Å². The van der Waals surface area contributed by atoms with Crippen LogP contribution < -0.4 is 14.8 Å². The number of ether oxygens (including phenoxy) is 2. The van der Waals surface area contributed by atoms with Gasteiger partial charge in [-0.05, 0) is 18.6 Å². The monoisotopic (exact) mass is 257 g/mol. The van der Waals surface area contributed by atoms with E-state index in [2.05, 4.69) is 21.2 Å². The first-order valence-corrected chi connectivity index (χ1v) is 5.35. The molecule has 0 fully saturated rings. The van der Waals surface area contributed by atoms with Crippen molar-refractivity contribution in [2.45, 2.75) is 6.42 Å². The van der Waals surface area contributed by atoms with Gasteiger partial charge < -0.3 is 14.8 Å². The number of benzene rings is 1. The van der Waals surface area contributed by atoms with Crippen molar-refractivity contribution < 1.29 is 9.47 Å². The van der Waals surface area contributed by atoms with E-state index in [9.17, 15) is 0 Å². The Bertz CT molecular complexity index is 341. The molecule has 76 valence electrons. The van der Waals surface area contributed by atoms with Crippen LogP contribution in [0.3, 0.4) is 0 Å². The number of hydrogen-bond donors (Lipinski definition) is 1. The van der Waals surface area contributed by atoms with Crippen molar-refractivity contribution in [2.75, 3.05) is 25.6 Å². The zero-order valence-electron chi connectivity index (χ0n) is 7.97. The first-order valence-electron chi connectivity index (χ1n) is 4.55. The van der Waals surface area contributed by atoms with Crippen molar-refractivity contribution >= 4 is 21.6 Å². The molecule has 0 aromatic heterocycles. The number of nitrogens with one attached hydrogen (secondary N) is 1. The van der Waals surface area contributed by atoms with Crippen molar-refractivity contribution in [2.24, 2.45) is 0 Å². The second-order valence-corrected chi connectivity index (χ2v) is 4.03. The Balaban J connectivity index is 2.46. The van der Waals surface area contributed by atoms with Gasteiger partial charge in [-0.2, -0.15) is 0 Å². The lowest BCUT2D eigenvalue weighted by molar-refractivity contribution is 0.299. The molecule has 3 nitrogen and oxygen atoms in total. The Labute approximate surface area is 91.5 Å². The summed E-state index contributed by atoms with van der Waals surface area (Å²) in [4.78, 5) is 0. The van der Waals surface area contributed by atoms with Crippen molar-refractivity contribution in [3.63, 3.8) is 0 Å². The van der Waals surface area contributed by atoms with Crippen molar-refractivity contribution in [1.82, 2.24) is 0 Å². The maximum absolute atomic E-state index is 5.62. The second-order valence-electron chi connectivity index (χ2n) is 3.11. The van der Waals surface area contributed by atoms with E-state index in [4.69, 9.17) is 9.47 Å². The van der Waals surface area contributed by atoms with Crippen LogP contribution >= 0.6 is 15.9 Å². The van der Waals surface area contributed by atoms with E-state index in [0.717, 1.165) is 41.2 Å². The topological polar surface area (TPSA) is 30.5 Å². The summed E-state index contributed by atoms with van der Waals surface area (Å²) in [6.07, 6.45) is 1.01. The molecule has 0 spiro atoms. The van der Waals surface area contributed by atoms with Crippen LogP contribution in [0, 0.1) is 0 Å². The van der Waals surface area contributed by atoms with Gasteiger partial charge in [0.15, 0.2) is 11.5 Å². The van der Waals surface area contributed by atoms with Crippen molar-refractivity contribution in [1.29, 1.82) is 0 Å². The molecule has 0 aliphatic carbocycles. The molecular formula is C10H12BrNO2. The Kier molecular flexibility index (Phi) is 2.82. The molecule has 0 bridgehead atoms. The molecule has 1 N–H and O–H groups in total. The van der Waals surface area contributed by atoms with Gasteiger partial charge in [-0.1, -0.05) is 15.9 Å². The molecule has 1 aromatic carbocycles. The highest BCUT2D eigenvalue weighted by molar-refractivity contribution is 9.10. The minimum Gasteiger partial charge on any atom is -0.493 e. The van der Waals surface area contributed by atoms with Gasteiger partial charge in [-0.3, -0.25) is 0 Å². The lowest BCUT2D eigenvalue weighted by atomic mass is 10.2. The number of halogens is 1. The number of anilines is 1. The Morgan fingerprint density at radius 3 is 3.14 bits per heavy atom. The zero-order chi connectivity index (χ0) is 9.97. The van der Waals surface area contributed by atoms with Crippen LogP contribution in [0.5, 0.6) is 11.5 Å². The van der Waals surface area contributed by atoms with Gasteiger partial charge in [0.2, 0.25) is 0 Å². The summed E-state index contributed by atoms with van der Waals surface area (Å²) < 4.78 is 11.9. The highest BCUT2D eigenvalue weighted by atomic mass is 79.9. The SMILES string of the molecule is COc1cc(Br)cc2c1OCCCN2. The van der Waals surface area contributed by atoms with E-state index in [1.54, 1.807) is 7.11 Å². The van der Waals surface area contributed by atoms with Gasteiger partial charge >= 0.3 is 0 Å². The number of methoxy groups -OCH3 is 1. The fraction of sp³-hybridized carbons (Fsp3) is 0.400.